The first-order valence-electron chi connectivity index (χ1n) is 7.47. The van der Waals surface area contributed by atoms with E-state index in [1.54, 1.807) is 0 Å². The van der Waals surface area contributed by atoms with Gasteiger partial charge in [0.05, 0.1) is 5.56 Å². The average Bonchev–Trinajstić information content (AvgIpc) is 2.78. The van der Waals surface area contributed by atoms with Gasteiger partial charge in [-0.25, -0.2) is 0 Å². The maximum absolute atomic E-state index is 12.3. The molecule has 0 atom stereocenters. The number of carbonyl (C=O) groups is 1. The van der Waals surface area contributed by atoms with Gasteiger partial charge in [-0.2, -0.15) is 0 Å². The van der Waals surface area contributed by atoms with Crippen molar-refractivity contribution in [2.75, 3.05) is 13.1 Å². The topological polar surface area (TPSA) is 60.1 Å². The summed E-state index contributed by atoms with van der Waals surface area (Å²) in [5, 5.41) is 3.62. The predicted octanol–water partition coefficient (Wildman–Crippen LogP) is 3.22. The molecule has 0 saturated heterocycles. The van der Waals surface area contributed by atoms with Crippen molar-refractivity contribution in [1.82, 2.24) is 9.88 Å². The largest absolute Gasteiger partial charge is 0.352 e. The zero-order chi connectivity index (χ0) is 16.1. The molecule has 0 aliphatic carbocycles. The Kier molecular flexibility index (Phi) is 5.63. The second kappa shape index (κ2) is 7.47. The van der Waals surface area contributed by atoms with Crippen LogP contribution in [-0.2, 0) is 0 Å². The normalized spacial score (nSPS) is 10.7. The molecule has 2 aromatic rings. The molecule has 3 N–H and O–H groups in total. The molecule has 5 heteroatoms. The van der Waals surface area contributed by atoms with E-state index in [0.29, 0.717) is 23.7 Å². The number of nitrogens with one attached hydrogen (secondary N) is 1. The Morgan fingerprint density at radius 3 is 2.73 bits per heavy atom. The molecule has 0 aliphatic heterocycles. The summed E-state index contributed by atoms with van der Waals surface area (Å²) in [6.07, 6.45) is 1.82. The molecule has 0 fully saturated rings. The first kappa shape index (κ1) is 16.6. The Balaban J connectivity index is 2.22. The van der Waals surface area contributed by atoms with Crippen molar-refractivity contribution < 1.29 is 4.79 Å². The summed E-state index contributed by atoms with van der Waals surface area (Å²) in [5.41, 5.74) is 9.03. The molecule has 1 amide bonds. The second-order valence-electron chi connectivity index (χ2n) is 5.35. The van der Waals surface area contributed by atoms with Crippen molar-refractivity contribution in [3.05, 3.63) is 52.3 Å². The molecular formula is C17H22ClN3O. The first-order chi connectivity index (χ1) is 10.5. The van der Waals surface area contributed by atoms with Gasteiger partial charge in [0.25, 0.3) is 5.91 Å². The van der Waals surface area contributed by atoms with Crippen LogP contribution in [0.5, 0.6) is 0 Å². The highest BCUT2D eigenvalue weighted by Gasteiger charge is 2.16. The molecule has 0 saturated carbocycles. The molecule has 118 valence electrons. The van der Waals surface area contributed by atoms with Gasteiger partial charge < -0.3 is 15.6 Å². The lowest BCUT2D eigenvalue weighted by Crippen LogP contribution is -2.25. The van der Waals surface area contributed by atoms with Crippen LogP contribution in [0, 0.1) is 13.8 Å². The molecule has 1 heterocycles. The number of carbonyl (C=O) groups excluding carboxylic acids is 1. The highest BCUT2D eigenvalue weighted by molar-refractivity contribution is 6.30. The van der Waals surface area contributed by atoms with Crippen LogP contribution < -0.4 is 11.1 Å². The van der Waals surface area contributed by atoms with E-state index >= 15 is 0 Å². The standard InChI is InChI=1S/C17H22ClN3O/c1-12-10-16(17(22)20-9-4-3-8-19)13(2)21(12)15-7-5-6-14(18)11-15/h5-7,10-11H,3-4,8-9,19H2,1-2H3,(H,20,22). The van der Waals surface area contributed by atoms with Crippen LogP contribution in [-0.4, -0.2) is 23.6 Å². The molecule has 2 rings (SSSR count). The minimum absolute atomic E-state index is 0.0431. The Morgan fingerprint density at radius 2 is 2.05 bits per heavy atom. The fourth-order valence-electron chi connectivity index (χ4n) is 2.57. The number of nitrogens with two attached hydrogens (primary N) is 1. The maximum Gasteiger partial charge on any atom is 0.253 e. The van der Waals surface area contributed by atoms with Crippen LogP contribution in [0.2, 0.25) is 5.02 Å². The number of rotatable bonds is 6. The van der Waals surface area contributed by atoms with Gasteiger partial charge >= 0.3 is 0 Å². The van der Waals surface area contributed by atoms with Crippen LogP contribution in [0.3, 0.4) is 0 Å². The smallest absolute Gasteiger partial charge is 0.253 e. The summed E-state index contributed by atoms with van der Waals surface area (Å²) in [4.78, 5) is 12.3. The summed E-state index contributed by atoms with van der Waals surface area (Å²) in [7, 11) is 0. The van der Waals surface area contributed by atoms with E-state index in [-0.39, 0.29) is 5.91 Å². The Hall–Kier alpha value is -1.78. The third kappa shape index (κ3) is 3.70. The third-order valence-electron chi connectivity index (χ3n) is 3.66. The van der Waals surface area contributed by atoms with Crippen molar-refractivity contribution in [2.45, 2.75) is 26.7 Å². The van der Waals surface area contributed by atoms with E-state index in [4.69, 9.17) is 17.3 Å². The lowest BCUT2D eigenvalue weighted by molar-refractivity contribution is 0.0952. The number of hydrogen-bond acceptors (Lipinski definition) is 2. The van der Waals surface area contributed by atoms with Gasteiger partial charge in [-0.05, 0) is 57.5 Å². The van der Waals surface area contributed by atoms with Crippen LogP contribution >= 0.6 is 11.6 Å². The quantitative estimate of drug-likeness (QED) is 0.803. The van der Waals surface area contributed by atoms with Gasteiger partial charge in [0, 0.05) is 28.6 Å². The summed E-state index contributed by atoms with van der Waals surface area (Å²) in [6, 6.07) is 9.53. The molecular weight excluding hydrogens is 298 g/mol. The Bertz CT molecular complexity index is 664. The molecule has 22 heavy (non-hydrogen) atoms. The van der Waals surface area contributed by atoms with E-state index in [1.165, 1.54) is 0 Å². The molecule has 1 aromatic heterocycles. The maximum atomic E-state index is 12.3. The third-order valence-corrected chi connectivity index (χ3v) is 3.89. The number of hydrogen-bond donors (Lipinski definition) is 2. The number of nitrogens with zero attached hydrogens (tertiary/aromatic N) is 1. The van der Waals surface area contributed by atoms with Crippen LogP contribution in [0.15, 0.2) is 30.3 Å². The van der Waals surface area contributed by atoms with E-state index < -0.39 is 0 Å². The van der Waals surface area contributed by atoms with Crippen LogP contribution in [0.25, 0.3) is 5.69 Å². The van der Waals surface area contributed by atoms with Gasteiger partial charge in [-0.1, -0.05) is 17.7 Å². The van der Waals surface area contributed by atoms with Gasteiger partial charge in [-0.3, -0.25) is 4.79 Å². The summed E-state index contributed by atoms with van der Waals surface area (Å²) in [6.45, 7) is 5.23. The highest BCUT2D eigenvalue weighted by atomic mass is 35.5. The Morgan fingerprint density at radius 1 is 1.27 bits per heavy atom. The van der Waals surface area contributed by atoms with E-state index in [0.717, 1.165) is 29.9 Å². The molecule has 0 unspecified atom stereocenters. The van der Waals surface area contributed by atoms with Crippen molar-refractivity contribution in [3.63, 3.8) is 0 Å². The van der Waals surface area contributed by atoms with E-state index in [2.05, 4.69) is 5.32 Å². The highest BCUT2D eigenvalue weighted by Crippen LogP contribution is 2.22. The SMILES string of the molecule is Cc1cc(C(=O)NCCCCN)c(C)n1-c1cccc(Cl)c1. The van der Waals surface area contributed by atoms with Crippen molar-refractivity contribution in [1.29, 1.82) is 0 Å². The molecule has 0 spiro atoms. The molecule has 0 aliphatic rings. The summed E-state index contributed by atoms with van der Waals surface area (Å²) in [5.74, 6) is -0.0431. The number of benzene rings is 1. The summed E-state index contributed by atoms with van der Waals surface area (Å²) < 4.78 is 2.04. The first-order valence-corrected chi connectivity index (χ1v) is 7.85. The number of amides is 1. The average molecular weight is 320 g/mol. The summed E-state index contributed by atoms with van der Waals surface area (Å²) >= 11 is 6.06. The van der Waals surface area contributed by atoms with Gasteiger partial charge in [0.1, 0.15) is 0 Å². The van der Waals surface area contributed by atoms with E-state index in [1.807, 2.05) is 48.7 Å². The number of aromatic nitrogens is 1. The zero-order valence-electron chi connectivity index (χ0n) is 13.0. The number of aryl methyl sites for hydroxylation is 1. The van der Waals surface area contributed by atoms with Crippen LogP contribution in [0.1, 0.15) is 34.6 Å². The lowest BCUT2D eigenvalue weighted by atomic mass is 10.2. The predicted molar refractivity (Wildman–Crippen MR) is 90.9 cm³/mol. The minimum Gasteiger partial charge on any atom is -0.352 e. The van der Waals surface area contributed by atoms with Gasteiger partial charge in [-0.15, -0.1) is 0 Å². The lowest BCUT2D eigenvalue weighted by Gasteiger charge is -2.10. The van der Waals surface area contributed by atoms with Crippen molar-refractivity contribution in [3.8, 4) is 5.69 Å². The van der Waals surface area contributed by atoms with Gasteiger partial charge in [0.15, 0.2) is 0 Å². The molecule has 0 bridgehead atoms. The van der Waals surface area contributed by atoms with Gasteiger partial charge in [0.2, 0.25) is 0 Å². The van der Waals surface area contributed by atoms with Crippen molar-refractivity contribution in [2.24, 2.45) is 5.73 Å². The second-order valence-corrected chi connectivity index (χ2v) is 5.79. The molecule has 1 aromatic carbocycles. The van der Waals surface area contributed by atoms with Crippen LogP contribution in [0.4, 0.5) is 0 Å². The number of halogens is 1. The minimum atomic E-state index is -0.0431. The fraction of sp³-hybridized carbons (Fsp3) is 0.353. The zero-order valence-corrected chi connectivity index (χ0v) is 13.8. The monoisotopic (exact) mass is 319 g/mol. The molecule has 0 radical (unpaired) electrons. The fourth-order valence-corrected chi connectivity index (χ4v) is 2.76. The Labute approximate surface area is 136 Å². The van der Waals surface area contributed by atoms with Crippen molar-refractivity contribution >= 4 is 17.5 Å². The number of unbranched alkanes of at least 4 members (excludes halogenated alkanes) is 1. The van der Waals surface area contributed by atoms with E-state index in [9.17, 15) is 4.79 Å². The molecule has 4 nitrogen and oxygen atoms in total.